The Kier molecular flexibility index (Phi) is 10.2. The van der Waals surface area contributed by atoms with Gasteiger partial charge in [0.05, 0.1) is 22.3 Å². The molecule has 0 spiro atoms. The Hall–Kier alpha value is -5.57. The van der Waals surface area contributed by atoms with Crippen LogP contribution in [0.3, 0.4) is 0 Å². The van der Waals surface area contributed by atoms with E-state index in [1.807, 2.05) is 106 Å². The molecule has 0 atom stereocenters. The van der Waals surface area contributed by atoms with Crippen LogP contribution in [-0.2, 0) is 42.7 Å². The number of hydrogen-bond acceptors (Lipinski definition) is 3. The maximum absolute atomic E-state index is 12.6. The van der Waals surface area contributed by atoms with Gasteiger partial charge in [0.1, 0.15) is 11.6 Å². The second-order valence-corrected chi connectivity index (χ2v) is 22.3. The number of para-hydroxylation sites is 1. The number of imidazole rings is 1. The predicted octanol–water partition coefficient (Wildman–Crippen LogP) is 18.0. The average molecular weight is 1120 g/mol. The van der Waals surface area contributed by atoms with Gasteiger partial charge in [-0.3, -0.25) is 9.55 Å². The van der Waals surface area contributed by atoms with Gasteiger partial charge < -0.3 is 5.11 Å². The molecule has 0 aliphatic heterocycles. The fourth-order valence-corrected chi connectivity index (χ4v) is 8.86. The van der Waals surface area contributed by atoms with E-state index in [-0.39, 0.29) is 49.3 Å². The van der Waals surface area contributed by atoms with E-state index in [1.54, 1.807) is 18.3 Å². The Balaban J connectivity index is 0.00000990. The van der Waals surface area contributed by atoms with Crippen LogP contribution >= 0.6 is 0 Å². The average Bonchev–Trinajstić information content (AvgIpc) is 1.49. The number of rotatable bonds is 8. The van der Waals surface area contributed by atoms with E-state index in [0.717, 1.165) is 27.8 Å². The molecular weight excluding hydrogens is 1030 g/mol. The standard InChI is InChI=1S/C65H74N3O.Pt/c1-39(2)45-30-46(40(3)4)32-47(31-45)43-23-26-57(41(5)29-43)68-58-20-18-19-53(59(58)67-61(68)54-37-52(64(12,13)14)38-55(60(54)69)65(15,16)17)48-33-49(35-51(34-48)63(9,10)11)56-36-44(27-28-66-56)42-21-24-50(25-22-42)62(6,7)8;/h18-32,34-40,69H,1-17H3;/q-1;/i5D3,6D3,7D3,8D3,39D;. The van der Waals surface area contributed by atoms with Gasteiger partial charge in [-0.1, -0.05) is 194 Å². The van der Waals surface area contributed by atoms with Gasteiger partial charge in [-0.2, -0.15) is 0 Å². The maximum atomic E-state index is 12.6. The van der Waals surface area contributed by atoms with Crippen molar-refractivity contribution in [2.45, 2.75) is 151 Å². The van der Waals surface area contributed by atoms with Crippen molar-refractivity contribution in [3.05, 3.63) is 166 Å². The molecule has 0 bridgehead atoms. The van der Waals surface area contributed by atoms with Crippen molar-refractivity contribution in [2.24, 2.45) is 0 Å². The van der Waals surface area contributed by atoms with Crippen molar-refractivity contribution in [3.63, 3.8) is 0 Å². The molecule has 0 aliphatic carbocycles. The fraction of sp³-hybridized carbons (Fsp3) is 0.354. The van der Waals surface area contributed by atoms with Gasteiger partial charge in [-0.15, -0.1) is 29.3 Å². The van der Waals surface area contributed by atoms with Crippen LogP contribution in [0.5, 0.6) is 5.75 Å². The van der Waals surface area contributed by atoms with Crippen molar-refractivity contribution < 1.29 is 44.0 Å². The molecule has 0 amide bonds. The quantitative estimate of drug-likeness (QED) is 0.154. The van der Waals surface area contributed by atoms with Gasteiger partial charge in [-0.05, 0) is 121 Å². The van der Waals surface area contributed by atoms with Crippen molar-refractivity contribution in [3.8, 4) is 67.5 Å². The van der Waals surface area contributed by atoms with Gasteiger partial charge >= 0.3 is 0 Å². The molecule has 0 fully saturated rings. The third-order valence-corrected chi connectivity index (χ3v) is 13.2. The molecule has 8 rings (SSSR count). The summed E-state index contributed by atoms with van der Waals surface area (Å²) in [7, 11) is 0. The summed E-state index contributed by atoms with van der Waals surface area (Å²) < 4.78 is 112. The normalized spacial score (nSPS) is 16.2. The molecular formula is C65H74N3OPt-. The summed E-state index contributed by atoms with van der Waals surface area (Å²) in [5, 5.41) is 12.6. The molecule has 8 aromatic rings. The summed E-state index contributed by atoms with van der Waals surface area (Å²) >= 11 is 0. The zero-order valence-electron chi connectivity index (χ0n) is 55.7. The molecule has 4 nitrogen and oxygen atoms in total. The van der Waals surface area contributed by atoms with Crippen LogP contribution in [0.1, 0.15) is 179 Å². The SMILES string of the molecule is [2H]C([2H])([2H])c1cc(-c2cc(C(C)C)cc(C([2H])(C)C)c2)ccc1-n1c(-c2cc(C(C)(C)C)cc(C(C)(C)C)c2O)nc2c(-c3[c-]c(-c4cc(-c5ccc(C(C([2H])([2H])[2H])(C([2H])([2H])[2H])C([2H])([2H])[2H])cc5)ccn4)cc(C(C)(C)C)c3)cccc21.[Pt]. The summed E-state index contributed by atoms with van der Waals surface area (Å²) in [5.74, 6) is -0.415. The molecule has 0 radical (unpaired) electrons. The van der Waals surface area contributed by atoms with Gasteiger partial charge in [0.25, 0.3) is 0 Å². The number of pyridine rings is 1. The largest absolute Gasteiger partial charge is 0.507 e. The van der Waals surface area contributed by atoms with Crippen LogP contribution in [0.2, 0.25) is 0 Å². The van der Waals surface area contributed by atoms with Crippen LogP contribution in [0.4, 0.5) is 0 Å². The predicted molar refractivity (Wildman–Crippen MR) is 294 cm³/mol. The topological polar surface area (TPSA) is 50.9 Å². The molecule has 6 aromatic carbocycles. The Morgan fingerprint density at radius 3 is 1.87 bits per heavy atom. The zero-order valence-corrected chi connectivity index (χ0v) is 45.0. The number of phenols is 1. The Labute approximate surface area is 452 Å². The first-order valence-corrected chi connectivity index (χ1v) is 23.8. The summed E-state index contributed by atoms with van der Waals surface area (Å²) in [6, 6.07) is 38.1. The maximum Gasteiger partial charge on any atom is 0.148 e. The minimum atomic E-state index is -3.40. The van der Waals surface area contributed by atoms with E-state index in [2.05, 4.69) is 73.6 Å². The first-order chi connectivity index (χ1) is 37.4. The van der Waals surface area contributed by atoms with E-state index < -0.39 is 49.5 Å². The second-order valence-electron chi connectivity index (χ2n) is 22.3. The number of aromatic hydroxyl groups is 1. The zero-order chi connectivity index (χ0) is 61.0. The number of phenolic OH excluding ortho intramolecular Hbond substituents is 1. The van der Waals surface area contributed by atoms with Gasteiger partial charge in [0.15, 0.2) is 0 Å². The molecule has 366 valence electrons. The first kappa shape index (κ1) is 37.2. The first-order valence-electron chi connectivity index (χ1n) is 30.3. The Morgan fingerprint density at radius 2 is 1.24 bits per heavy atom. The number of aromatic nitrogens is 3. The molecule has 0 unspecified atom stereocenters. The molecule has 5 heteroatoms. The minimum Gasteiger partial charge on any atom is -0.507 e. The van der Waals surface area contributed by atoms with Crippen molar-refractivity contribution in [2.75, 3.05) is 0 Å². The van der Waals surface area contributed by atoms with E-state index in [4.69, 9.17) is 27.8 Å². The van der Waals surface area contributed by atoms with Crippen molar-refractivity contribution >= 4 is 11.0 Å². The van der Waals surface area contributed by atoms with Gasteiger partial charge in [0, 0.05) is 56.3 Å². The Bertz CT molecular complexity index is 3690. The van der Waals surface area contributed by atoms with E-state index >= 15 is 0 Å². The number of aryl methyl sites for hydroxylation is 1. The van der Waals surface area contributed by atoms with E-state index in [1.165, 1.54) is 24.3 Å². The van der Waals surface area contributed by atoms with Crippen LogP contribution in [0, 0.1) is 12.9 Å². The summed E-state index contributed by atoms with van der Waals surface area (Å²) in [6.45, 7) is 13.8. The smallest absolute Gasteiger partial charge is 0.148 e. The number of fused-ring (bicyclic) bond motifs is 1. The number of benzene rings is 6. The van der Waals surface area contributed by atoms with E-state index in [9.17, 15) is 5.11 Å². The van der Waals surface area contributed by atoms with E-state index in [0.29, 0.717) is 72.7 Å². The van der Waals surface area contributed by atoms with Gasteiger partial charge in [0.2, 0.25) is 0 Å². The Morgan fingerprint density at radius 1 is 0.600 bits per heavy atom. The van der Waals surface area contributed by atoms with Crippen LogP contribution < -0.4 is 0 Å². The third kappa shape index (κ3) is 10.6. The molecule has 70 heavy (non-hydrogen) atoms. The van der Waals surface area contributed by atoms with Crippen molar-refractivity contribution in [1.82, 2.24) is 14.5 Å². The van der Waals surface area contributed by atoms with Crippen LogP contribution in [0.15, 0.2) is 121 Å². The molecule has 0 saturated carbocycles. The summed E-state index contributed by atoms with van der Waals surface area (Å²) in [6.07, 6.45) is 1.62. The van der Waals surface area contributed by atoms with Gasteiger partial charge in [-0.25, -0.2) is 4.98 Å². The summed E-state index contributed by atoms with van der Waals surface area (Å²) in [4.78, 5) is 10.3. The number of hydrogen-bond donors (Lipinski definition) is 1. The minimum absolute atomic E-state index is 0. The molecule has 0 aliphatic rings. The molecule has 2 aromatic heterocycles. The molecule has 2 heterocycles. The molecule has 0 saturated heterocycles. The van der Waals surface area contributed by atoms with Crippen molar-refractivity contribution in [1.29, 1.82) is 0 Å². The van der Waals surface area contributed by atoms with Crippen LogP contribution in [-0.4, -0.2) is 19.6 Å². The monoisotopic (exact) mass is 1120 g/mol. The third-order valence-electron chi connectivity index (χ3n) is 13.2. The van der Waals surface area contributed by atoms with Crippen LogP contribution in [0.25, 0.3) is 72.7 Å². The number of nitrogens with zero attached hydrogens (tertiary/aromatic N) is 3. The second kappa shape index (κ2) is 19.2. The summed E-state index contributed by atoms with van der Waals surface area (Å²) in [5.41, 5.74) is 6.70. The molecule has 1 N–H and O–H groups in total. The fourth-order valence-electron chi connectivity index (χ4n) is 8.86.